The Labute approximate surface area is 125 Å². The van der Waals surface area contributed by atoms with E-state index in [2.05, 4.69) is 26.3 Å². The summed E-state index contributed by atoms with van der Waals surface area (Å²) >= 11 is 3.48. The largest absolute Gasteiger partial charge is 0.382 e. The van der Waals surface area contributed by atoms with Crippen molar-refractivity contribution >= 4 is 27.3 Å². The number of nitrogens with one attached hydrogen (secondary N) is 1. The van der Waals surface area contributed by atoms with Crippen molar-refractivity contribution in [3.63, 3.8) is 0 Å². The van der Waals surface area contributed by atoms with Crippen molar-refractivity contribution in [3.8, 4) is 0 Å². The van der Waals surface area contributed by atoms with Crippen LogP contribution in [0.3, 0.4) is 0 Å². The smallest absolute Gasteiger partial charge is 0.292 e. The fourth-order valence-corrected chi connectivity index (χ4v) is 2.43. The number of nitrogens with zero attached hydrogens (tertiary/aromatic N) is 3. The van der Waals surface area contributed by atoms with E-state index < -0.39 is 0 Å². The van der Waals surface area contributed by atoms with Gasteiger partial charge in [-0.2, -0.15) is 5.10 Å². The molecule has 106 valence electrons. The monoisotopic (exact) mass is 338 g/mol. The second kappa shape index (κ2) is 5.62. The minimum absolute atomic E-state index is 0.0746. The third-order valence-electron chi connectivity index (χ3n) is 3.19. The van der Waals surface area contributed by atoms with Crippen LogP contribution in [0.1, 0.15) is 17.0 Å². The molecule has 0 saturated heterocycles. The molecule has 0 aliphatic rings. The summed E-state index contributed by atoms with van der Waals surface area (Å²) in [7, 11) is 1.68. The van der Waals surface area contributed by atoms with Gasteiger partial charge in [-0.15, -0.1) is 0 Å². The van der Waals surface area contributed by atoms with Crippen molar-refractivity contribution < 1.29 is 4.92 Å². The second-order valence-electron chi connectivity index (χ2n) is 4.46. The molecule has 0 bridgehead atoms. The highest BCUT2D eigenvalue weighted by molar-refractivity contribution is 9.10. The molecule has 0 fully saturated rings. The lowest BCUT2D eigenvalue weighted by Gasteiger charge is -2.10. The summed E-state index contributed by atoms with van der Waals surface area (Å²) in [6.07, 6.45) is 0. The van der Waals surface area contributed by atoms with Gasteiger partial charge in [0.25, 0.3) is 5.69 Å². The lowest BCUT2D eigenvalue weighted by Crippen LogP contribution is -2.08. The Kier molecular flexibility index (Phi) is 4.08. The maximum atomic E-state index is 11.0. The SMILES string of the molecule is CNc1c(Cn2nc(C)c(Br)c2C)cccc1[N+](=O)[O-]. The van der Waals surface area contributed by atoms with E-state index in [9.17, 15) is 10.1 Å². The van der Waals surface area contributed by atoms with Crippen LogP contribution in [-0.4, -0.2) is 21.8 Å². The third-order valence-corrected chi connectivity index (χ3v) is 4.34. The minimum atomic E-state index is -0.382. The summed E-state index contributed by atoms with van der Waals surface area (Å²) in [5.74, 6) is 0. The van der Waals surface area contributed by atoms with Crippen LogP contribution >= 0.6 is 15.9 Å². The summed E-state index contributed by atoms with van der Waals surface area (Å²) in [6, 6.07) is 5.05. The third kappa shape index (κ3) is 2.53. The van der Waals surface area contributed by atoms with E-state index in [1.807, 2.05) is 24.6 Å². The average molecular weight is 339 g/mol. The second-order valence-corrected chi connectivity index (χ2v) is 5.25. The zero-order chi connectivity index (χ0) is 14.9. The van der Waals surface area contributed by atoms with E-state index in [0.29, 0.717) is 12.2 Å². The molecule has 0 amide bonds. The van der Waals surface area contributed by atoms with E-state index in [-0.39, 0.29) is 10.6 Å². The first kappa shape index (κ1) is 14.5. The van der Waals surface area contributed by atoms with Gasteiger partial charge in [0.05, 0.1) is 27.3 Å². The molecule has 20 heavy (non-hydrogen) atoms. The number of aromatic nitrogens is 2. The van der Waals surface area contributed by atoms with Crippen molar-refractivity contribution in [2.24, 2.45) is 0 Å². The van der Waals surface area contributed by atoms with Crippen molar-refractivity contribution in [2.45, 2.75) is 20.4 Å². The van der Waals surface area contributed by atoms with Crippen LogP contribution < -0.4 is 5.32 Å². The molecule has 0 atom stereocenters. The molecule has 7 heteroatoms. The van der Waals surface area contributed by atoms with Crippen molar-refractivity contribution in [1.82, 2.24) is 9.78 Å². The Morgan fingerprint density at radius 1 is 1.45 bits per heavy atom. The highest BCUT2D eigenvalue weighted by atomic mass is 79.9. The Balaban J connectivity index is 2.46. The number of hydrogen-bond acceptors (Lipinski definition) is 4. The van der Waals surface area contributed by atoms with Gasteiger partial charge in [0, 0.05) is 18.7 Å². The molecule has 0 radical (unpaired) electrons. The van der Waals surface area contributed by atoms with E-state index in [1.165, 1.54) is 6.07 Å². The highest BCUT2D eigenvalue weighted by Crippen LogP contribution is 2.29. The van der Waals surface area contributed by atoms with Crippen LogP contribution in [0.2, 0.25) is 0 Å². The fourth-order valence-electron chi connectivity index (χ4n) is 2.15. The summed E-state index contributed by atoms with van der Waals surface area (Å²) < 4.78 is 2.80. The summed E-state index contributed by atoms with van der Waals surface area (Å²) in [5, 5.41) is 18.4. The normalized spacial score (nSPS) is 10.6. The van der Waals surface area contributed by atoms with Crippen LogP contribution in [0, 0.1) is 24.0 Å². The quantitative estimate of drug-likeness (QED) is 0.685. The van der Waals surface area contributed by atoms with Crippen LogP contribution in [0.25, 0.3) is 0 Å². The van der Waals surface area contributed by atoms with Gasteiger partial charge < -0.3 is 5.32 Å². The molecule has 0 aliphatic carbocycles. The number of benzene rings is 1. The van der Waals surface area contributed by atoms with Gasteiger partial charge in [-0.05, 0) is 29.8 Å². The average Bonchev–Trinajstić information content (AvgIpc) is 2.66. The Bertz CT molecular complexity index is 667. The van der Waals surface area contributed by atoms with Gasteiger partial charge in [0.15, 0.2) is 0 Å². The van der Waals surface area contributed by atoms with Gasteiger partial charge in [-0.25, -0.2) is 0 Å². The topological polar surface area (TPSA) is 73.0 Å². The standard InChI is InChI=1S/C13H15BrN4O2/c1-8-12(14)9(2)17(16-8)7-10-5-4-6-11(18(19)20)13(10)15-3/h4-6,15H,7H2,1-3H3. The molecular formula is C13H15BrN4O2. The number of nitro groups is 1. The van der Waals surface area contributed by atoms with Crippen molar-refractivity contribution in [1.29, 1.82) is 0 Å². The van der Waals surface area contributed by atoms with E-state index in [4.69, 9.17) is 0 Å². The molecule has 1 heterocycles. The molecule has 2 rings (SSSR count). The number of nitro benzene ring substituents is 1. The maximum absolute atomic E-state index is 11.0. The molecule has 0 spiro atoms. The van der Waals surface area contributed by atoms with Crippen molar-refractivity contribution in [2.75, 3.05) is 12.4 Å². The molecular weight excluding hydrogens is 324 g/mol. The first-order valence-electron chi connectivity index (χ1n) is 6.09. The summed E-state index contributed by atoms with van der Waals surface area (Å²) in [4.78, 5) is 10.7. The molecule has 1 aromatic carbocycles. The number of para-hydroxylation sites is 1. The highest BCUT2D eigenvalue weighted by Gasteiger charge is 2.17. The Morgan fingerprint density at radius 3 is 2.65 bits per heavy atom. The Hall–Kier alpha value is -1.89. The number of aryl methyl sites for hydroxylation is 1. The Morgan fingerprint density at radius 2 is 2.15 bits per heavy atom. The molecule has 0 aliphatic heterocycles. The number of hydrogen-bond donors (Lipinski definition) is 1. The van der Waals surface area contributed by atoms with Gasteiger partial charge in [0.1, 0.15) is 5.69 Å². The minimum Gasteiger partial charge on any atom is -0.382 e. The molecule has 1 aromatic heterocycles. The lowest BCUT2D eigenvalue weighted by molar-refractivity contribution is -0.384. The molecule has 1 N–H and O–H groups in total. The fraction of sp³-hybridized carbons (Fsp3) is 0.308. The molecule has 0 saturated carbocycles. The number of rotatable bonds is 4. The van der Waals surface area contributed by atoms with Crippen LogP contribution in [0.5, 0.6) is 0 Å². The van der Waals surface area contributed by atoms with Gasteiger partial charge in [-0.1, -0.05) is 12.1 Å². The van der Waals surface area contributed by atoms with Gasteiger partial charge >= 0.3 is 0 Å². The first-order chi connectivity index (χ1) is 9.45. The van der Waals surface area contributed by atoms with Gasteiger partial charge in [0.2, 0.25) is 0 Å². The maximum Gasteiger partial charge on any atom is 0.292 e. The predicted molar refractivity (Wildman–Crippen MR) is 81.1 cm³/mol. The summed E-state index contributed by atoms with van der Waals surface area (Å²) in [6.45, 7) is 4.36. The molecule has 6 nitrogen and oxygen atoms in total. The zero-order valence-corrected chi connectivity index (χ0v) is 13.1. The zero-order valence-electron chi connectivity index (χ0n) is 11.5. The summed E-state index contributed by atoms with van der Waals surface area (Å²) in [5.41, 5.74) is 3.33. The lowest BCUT2D eigenvalue weighted by atomic mass is 10.1. The van der Waals surface area contributed by atoms with E-state index >= 15 is 0 Å². The van der Waals surface area contributed by atoms with E-state index in [0.717, 1.165) is 21.4 Å². The van der Waals surface area contributed by atoms with Crippen LogP contribution in [0.15, 0.2) is 22.7 Å². The van der Waals surface area contributed by atoms with Crippen LogP contribution in [-0.2, 0) is 6.54 Å². The molecule has 0 unspecified atom stereocenters. The van der Waals surface area contributed by atoms with Crippen LogP contribution in [0.4, 0.5) is 11.4 Å². The number of anilines is 1. The predicted octanol–water partition coefficient (Wildman–Crippen LogP) is 3.26. The van der Waals surface area contributed by atoms with E-state index in [1.54, 1.807) is 13.1 Å². The first-order valence-corrected chi connectivity index (χ1v) is 6.88. The van der Waals surface area contributed by atoms with Crippen molar-refractivity contribution in [3.05, 3.63) is 49.7 Å². The van der Waals surface area contributed by atoms with Gasteiger partial charge in [-0.3, -0.25) is 14.8 Å². The molecule has 2 aromatic rings. The number of halogens is 1.